The minimum atomic E-state index is -0.396. The number of para-hydroxylation sites is 1. The van der Waals surface area contributed by atoms with E-state index < -0.39 is 4.92 Å². The van der Waals surface area contributed by atoms with Gasteiger partial charge in [0, 0.05) is 59.1 Å². The second kappa shape index (κ2) is 6.04. The molecule has 0 fully saturated rings. The third-order valence-electron chi connectivity index (χ3n) is 5.85. The van der Waals surface area contributed by atoms with Crippen LogP contribution in [0.2, 0.25) is 0 Å². The lowest BCUT2D eigenvalue weighted by atomic mass is 9.70. The maximum Gasteiger partial charge on any atom is 0.270 e. The summed E-state index contributed by atoms with van der Waals surface area (Å²) in [5, 5.41) is 12.1. The van der Waals surface area contributed by atoms with E-state index in [4.69, 9.17) is 4.74 Å². The van der Waals surface area contributed by atoms with Crippen LogP contribution in [0.5, 0.6) is 5.75 Å². The fourth-order valence-electron chi connectivity index (χ4n) is 4.60. The lowest BCUT2D eigenvalue weighted by molar-refractivity contribution is -0.384. The number of Topliss-reactive ketones (excluding diaryl/α,β-unsaturated/α-hetero) is 1. The fourth-order valence-corrected chi connectivity index (χ4v) is 4.60. The van der Waals surface area contributed by atoms with Crippen LogP contribution < -0.4 is 4.74 Å². The lowest BCUT2D eigenvalue weighted by Gasteiger charge is -2.38. The van der Waals surface area contributed by atoms with E-state index in [1.54, 1.807) is 12.1 Å². The molecule has 1 N–H and O–H groups in total. The maximum absolute atomic E-state index is 13.2. The van der Waals surface area contributed by atoms with Gasteiger partial charge in [-0.1, -0.05) is 32.0 Å². The van der Waals surface area contributed by atoms with Crippen molar-refractivity contribution in [3.05, 3.63) is 81.2 Å². The second-order valence-corrected chi connectivity index (χ2v) is 8.58. The number of carbonyl (C=O) groups excluding carboxylic acids is 1. The smallest absolute Gasteiger partial charge is 0.270 e. The zero-order valence-corrected chi connectivity index (χ0v) is 16.2. The van der Waals surface area contributed by atoms with E-state index >= 15 is 0 Å². The Balaban J connectivity index is 1.77. The Morgan fingerprint density at radius 3 is 2.72 bits per heavy atom. The van der Waals surface area contributed by atoms with Gasteiger partial charge in [0.2, 0.25) is 0 Å². The second-order valence-electron chi connectivity index (χ2n) is 8.58. The van der Waals surface area contributed by atoms with Gasteiger partial charge in [-0.25, -0.2) is 0 Å². The number of nitro benzene ring substituents is 1. The third kappa shape index (κ3) is 2.75. The van der Waals surface area contributed by atoms with Gasteiger partial charge >= 0.3 is 0 Å². The highest BCUT2D eigenvalue weighted by Crippen LogP contribution is 2.51. The number of ether oxygens (including phenoxy) is 1. The van der Waals surface area contributed by atoms with Crippen molar-refractivity contribution in [2.45, 2.75) is 32.6 Å². The van der Waals surface area contributed by atoms with Crippen molar-refractivity contribution >= 4 is 22.4 Å². The highest BCUT2D eigenvalue weighted by atomic mass is 16.6. The molecular weight excluding hydrogens is 368 g/mol. The summed E-state index contributed by atoms with van der Waals surface area (Å²) in [5.74, 6) is 1.22. The normalized spacial score (nSPS) is 20.2. The van der Waals surface area contributed by atoms with Gasteiger partial charge < -0.3 is 9.72 Å². The van der Waals surface area contributed by atoms with E-state index in [1.165, 1.54) is 6.07 Å². The number of nitrogens with zero attached hydrogens (tertiary/aromatic N) is 1. The van der Waals surface area contributed by atoms with Gasteiger partial charge in [-0.3, -0.25) is 14.9 Å². The van der Waals surface area contributed by atoms with Gasteiger partial charge in [-0.05, 0) is 23.1 Å². The van der Waals surface area contributed by atoms with E-state index in [9.17, 15) is 14.9 Å². The van der Waals surface area contributed by atoms with E-state index in [1.807, 2.05) is 30.5 Å². The monoisotopic (exact) mass is 388 g/mol. The predicted octanol–water partition coefficient (Wildman–Crippen LogP) is 5.24. The molecule has 1 aliphatic heterocycles. The molecule has 0 amide bonds. The summed E-state index contributed by atoms with van der Waals surface area (Å²) in [6.45, 7) is 4.14. The molecule has 5 rings (SSSR count). The largest absolute Gasteiger partial charge is 0.461 e. The molecule has 1 unspecified atom stereocenters. The van der Waals surface area contributed by atoms with Gasteiger partial charge in [0.1, 0.15) is 11.5 Å². The number of ketones is 1. The molecule has 3 aromatic rings. The first-order valence-electron chi connectivity index (χ1n) is 9.62. The molecule has 0 saturated heterocycles. The molecule has 1 aromatic heterocycles. The predicted molar refractivity (Wildman–Crippen MR) is 109 cm³/mol. The molecule has 2 heterocycles. The van der Waals surface area contributed by atoms with E-state index in [0.29, 0.717) is 18.4 Å². The first-order chi connectivity index (χ1) is 13.8. The zero-order valence-electron chi connectivity index (χ0n) is 16.2. The Hall–Kier alpha value is -3.41. The van der Waals surface area contributed by atoms with E-state index in [-0.39, 0.29) is 22.8 Å². The van der Waals surface area contributed by atoms with E-state index in [0.717, 1.165) is 33.5 Å². The Morgan fingerprint density at radius 2 is 1.93 bits per heavy atom. The van der Waals surface area contributed by atoms with Crippen molar-refractivity contribution in [2.24, 2.45) is 5.41 Å². The van der Waals surface area contributed by atoms with Crippen LogP contribution in [0, 0.1) is 15.5 Å². The minimum Gasteiger partial charge on any atom is -0.461 e. The number of hydrogen-bond donors (Lipinski definition) is 1. The summed E-state index contributed by atoms with van der Waals surface area (Å²) in [4.78, 5) is 27.3. The highest BCUT2D eigenvalue weighted by molar-refractivity contribution is 6.01. The number of benzene rings is 2. The molecule has 0 spiro atoms. The van der Waals surface area contributed by atoms with E-state index in [2.05, 4.69) is 18.8 Å². The maximum atomic E-state index is 13.2. The summed E-state index contributed by atoms with van der Waals surface area (Å²) >= 11 is 0. The Labute approximate surface area is 167 Å². The van der Waals surface area contributed by atoms with Crippen LogP contribution >= 0.6 is 0 Å². The minimum absolute atomic E-state index is 0.0315. The van der Waals surface area contributed by atoms with Crippen LogP contribution in [0.1, 0.15) is 43.7 Å². The highest BCUT2D eigenvalue weighted by Gasteiger charge is 2.42. The van der Waals surface area contributed by atoms with Crippen LogP contribution in [0.4, 0.5) is 5.69 Å². The van der Waals surface area contributed by atoms with Gasteiger partial charge in [-0.15, -0.1) is 0 Å². The van der Waals surface area contributed by atoms with Gasteiger partial charge in [0.15, 0.2) is 5.78 Å². The molecular formula is C23H20N2O4. The Kier molecular flexibility index (Phi) is 3.68. The van der Waals surface area contributed by atoms with Crippen LogP contribution in [0.3, 0.4) is 0 Å². The Bertz CT molecular complexity index is 1220. The number of hydrogen-bond acceptors (Lipinski definition) is 4. The summed E-state index contributed by atoms with van der Waals surface area (Å²) < 4.78 is 6.18. The molecule has 0 saturated carbocycles. The molecule has 0 bridgehead atoms. The number of allylic oxidation sites excluding steroid dienone is 2. The van der Waals surface area contributed by atoms with Gasteiger partial charge in [0.05, 0.1) is 4.92 Å². The summed E-state index contributed by atoms with van der Waals surface area (Å²) in [6, 6.07) is 12.5. The van der Waals surface area contributed by atoms with Crippen molar-refractivity contribution in [1.29, 1.82) is 0 Å². The van der Waals surface area contributed by atoms with Crippen molar-refractivity contribution in [3.8, 4) is 5.75 Å². The Morgan fingerprint density at radius 1 is 1.14 bits per heavy atom. The first-order valence-corrected chi connectivity index (χ1v) is 9.62. The molecule has 0 radical (unpaired) electrons. The van der Waals surface area contributed by atoms with Crippen molar-refractivity contribution in [3.63, 3.8) is 0 Å². The standard InChI is InChI=1S/C23H20N2O4/c1-23(2)10-18(26)22-20(11-23)29-19-6-4-3-5-14(19)21(22)16-12-24-17-8-7-13(25(27)28)9-15(16)17/h3-9,12,21,24H,10-11H2,1-2H3. The summed E-state index contributed by atoms with van der Waals surface area (Å²) in [6.07, 6.45) is 3.00. The third-order valence-corrected chi connectivity index (χ3v) is 5.85. The van der Waals surface area contributed by atoms with Crippen LogP contribution in [0.25, 0.3) is 10.9 Å². The molecule has 1 atom stereocenters. The quantitative estimate of drug-likeness (QED) is 0.480. The molecule has 2 aromatic carbocycles. The number of aromatic nitrogens is 1. The number of nitro groups is 1. The van der Waals surface area contributed by atoms with Crippen LogP contribution in [0.15, 0.2) is 60.0 Å². The summed E-state index contributed by atoms with van der Waals surface area (Å²) in [7, 11) is 0. The average Bonchev–Trinajstić information content (AvgIpc) is 3.08. The van der Waals surface area contributed by atoms with Crippen molar-refractivity contribution < 1.29 is 14.5 Å². The molecule has 146 valence electrons. The molecule has 6 heteroatoms. The molecule has 6 nitrogen and oxygen atoms in total. The number of fused-ring (bicyclic) bond motifs is 2. The molecule has 1 aliphatic carbocycles. The topological polar surface area (TPSA) is 85.2 Å². The lowest BCUT2D eigenvalue weighted by Crippen LogP contribution is -2.32. The number of H-pyrrole nitrogens is 1. The number of non-ortho nitro benzene ring substituents is 1. The van der Waals surface area contributed by atoms with Crippen LogP contribution in [-0.4, -0.2) is 15.7 Å². The molecule has 29 heavy (non-hydrogen) atoms. The number of carbonyl (C=O) groups is 1. The molecule has 2 aliphatic rings. The van der Waals surface area contributed by atoms with Gasteiger partial charge in [0.25, 0.3) is 5.69 Å². The number of rotatable bonds is 2. The van der Waals surface area contributed by atoms with Crippen molar-refractivity contribution in [1.82, 2.24) is 4.98 Å². The summed E-state index contributed by atoms with van der Waals surface area (Å²) in [5.41, 5.74) is 3.12. The number of nitrogens with one attached hydrogen (secondary N) is 1. The SMILES string of the molecule is CC1(C)CC(=O)C2=C(C1)Oc1ccccc1C2c1c[nH]c2ccc([N+](=O)[O-])cc12. The van der Waals surface area contributed by atoms with Crippen molar-refractivity contribution in [2.75, 3.05) is 0 Å². The number of aromatic amines is 1. The fraction of sp³-hybridized carbons (Fsp3) is 0.261. The van der Waals surface area contributed by atoms with Gasteiger partial charge in [-0.2, -0.15) is 0 Å². The van der Waals surface area contributed by atoms with Crippen LogP contribution in [-0.2, 0) is 4.79 Å². The first kappa shape index (κ1) is 17.7. The zero-order chi connectivity index (χ0) is 20.3. The average molecular weight is 388 g/mol.